The molecule has 0 radical (unpaired) electrons. The fraction of sp³-hybridized carbons (Fsp3) is 0.381. The first-order chi connectivity index (χ1) is 13.3. The van der Waals surface area contributed by atoms with Gasteiger partial charge in [0.05, 0.1) is 17.2 Å². The van der Waals surface area contributed by atoms with Gasteiger partial charge in [0.2, 0.25) is 5.91 Å². The Morgan fingerprint density at radius 1 is 1.21 bits per heavy atom. The molecule has 7 heteroatoms. The lowest BCUT2D eigenvalue weighted by atomic mass is 10.1. The molecule has 0 aliphatic carbocycles. The number of rotatable bonds is 6. The van der Waals surface area contributed by atoms with Gasteiger partial charge in [-0.3, -0.25) is 14.2 Å². The van der Waals surface area contributed by atoms with Gasteiger partial charge in [-0.1, -0.05) is 42.1 Å². The van der Waals surface area contributed by atoms with Gasteiger partial charge in [-0.15, -0.1) is 11.3 Å². The first-order valence-electron chi connectivity index (χ1n) is 9.29. The Morgan fingerprint density at radius 2 is 1.89 bits per heavy atom. The molecular formula is C21H25N3O2S2. The van der Waals surface area contributed by atoms with Gasteiger partial charge in [0.1, 0.15) is 4.83 Å². The lowest BCUT2D eigenvalue weighted by molar-refractivity contribution is -0.119. The molecule has 5 nitrogen and oxygen atoms in total. The van der Waals surface area contributed by atoms with E-state index in [1.54, 1.807) is 4.57 Å². The van der Waals surface area contributed by atoms with Crippen LogP contribution in [-0.4, -0.2) is 21.2 Å². The number of thioether (sulfide) groups is 1. The average Bonchev–Trinajstić information content (AvgIpc) is 2.94. The van der Waals surface area contributed by atoms with Gasteiger partial charge in [-0.25, -0.2) is 4.98 Å². The maximum absolute atomic E-state index is 13.0. The quantitative estimate of drug-likeness (QED) is 0.471. The summed E-state index contributed by atoms with van der Waals surface area (Å²) >= 11 is 2.84. The maximum Gasteiger partial charge on any atom is 0.263 e. The maximum atomic E-state index is 13.0. The molecule has 1 aromatic carbocycles. The molecule has 1 amide bonds. The van der Waals surface area contributed by atoms with Gasteiger partial charge >= 0.3 is 0 Å². The van der Waals surface area contributed by atoms with E-state index < -0.39 is 0 Å². The van der Waals surface area contributed by atoms with E-state index in [-0.39, 0.29) is 29.3 Å². The molecule has 0 aliphatic heterocycles. The lowest BCUT2D eigenvalue weighted by Crippen LogP contribution is -2.29. The zero-order valence-electron chi connectivity index (χ0n) is 16.8. The number of benzene rings is 1. The van der Waals surface area contributed by atoms with Crippen LogP contribution >= 0.6 is 23.1 Å². The zero-order valence-corrected chi connectivity index (χ0v) is 18.4. The van der Waals surface area contributed by atoms with E-state index in [0.717, 1.165) is 20.8 Å². The number of hydrogen-bond acceptors (Lipinski definition) is 5. The van der Waals surface area contributed by atoms with E-state index in [0.29, 0.717) is 10.5 Å². The van der Waals surface area contributed by atoms with E-state index in [9.17, 15) is 9.59 Å². The van der Waals surface area contributed by atoms with Gasteiger partial charge in [-0.2, -0.15) is 0 Å². The second-order valence-corrected chi connectivity index (χ2v) is 9.26. The molecule has 3 aromatic rings. The second-order valence-electron chi connectivity index (χ2n) is 7.12. The van der Waals surface area contributed by atoms with Crippen molar-refractivity contribution in [2.45, 2.75) is 51.9 Å². The van der Waals surface area contributed by atoms with Gasteiger partial charge in [0.15, 0.2) is 5.16 Å². The average molecular weight is 416 g/mol. The summed E-state index contributed by atoms with van der Waals surface area (Å²) in [5.41, 5.74) is 2.03. The van der Waals surface area contributed by atoms with Crippen LogP contribution in [-0.2, 0) is 4.79 Å². The number of fused-ring (bicyclic) bond motifs is 1. The summed E-state index contributed by atoms with van der Waals surface area (Å²) in [6, 6.07) is 9.75. The number of aryl methyl sites for hydroxylation is 2. The van der Waals surface area contributed by atoms with E-state index >= 15 is 0 Å². The van der Waals surface area contributed by atoms with Crippen molar-refractivity contribution in [1.29, 1.82) is 0 Å². The largest absolute Gasteiger partial charge is 0.349 e. The van der Waals surface area contributed by atoms with Crippen LogP contribution in [0.5, 0.6) is 0 Å². The first kappa shape index (κ1) is 20.6. The number of thiophene rings is 1. The van der Waals surface area contributed by atoms with Crippen LogP contribution in [0.4, 0.5) is 0 Å². The highest BCUT2D eigenvalue weighted by atomic mass is 32.2. The minimum absolute atomic E-state index is 0.0255. The SMILES string of the molecule is Cc1sc2nc(SCC(=O)N[C@@H](C)c3ccccc3)n(C(C)C)c(=O)c2c1C. The van der Waals surface area contributed by atoms with Crippen LogP contribution in [0.15, 0.2) is 40.3 Å². The second kappa shape index (κ2) is 8.49. The molecule has 3 rings (SSSR count). The monoisotopic (exact) mass is 415 g/mol. The summed E-state index contributed by atoms with van der Waals surface area (Å²) < 4.78 is 1.69. The molecule has 1 N–H and O–H groups in total. The Kier molecular flexibility index (Phi) is 6.25. The molecule has 0 fully saturated rings. The third-order valence-corrected chi connectivity index (χ3v) is 6.78. The fourth-order valence-electron chi connectivity index (χ4n) is 3.08. The van der Waals surface area contributed by atoms with E-state index in [1.807, 2.05) is 65.0 Å². The molecule has 0 saturated carbocycles. The molecule has 0 aliphatic rings. The molecule has 1 atom stereocenters. The number of aromatic nitrogens is 2. The van der Waals surface area contributed by atoms with Crippen molar-refractivity contribution in [3.05, 3.63) is 56.7 Å². The smallest absolute Gasteiger partial charge is 0.263 e. The number of carbonyl (C=O) groups excluding carboxylic acids is 1. The summed E-state index contributed by atoms with van der Waals surface area (Å²) in [6.45, 7) is 9.86. The molecule has 148 valence electrons. The molecule has 0 spiro atoms. The summed E-state index contributed by atoms with van der Waals surface area (Å²) in [5, 5.41) is 4.30. The Morgan fingerprint density at radius 3 is 2.54 bits per heavy atom. The normalized spacial score (nSPS) is 12.5. The Hall–Kier alpha value is -2.12. The summed E-state index contributed by atoms with van der Waals surface area (Å²) in [6.07, 6.45) is 0. The van der Waals surface area contributed by atoms with Crippen molar-refractivity contribution in [3.8, 4) is 0 Å². The summed E-state index contributed by atoms with van der Waals surface area (Å²) in [5.74, 6) is 0.134. The molecule has 0 bridgehead atoms. The van der Waals surface area contributed by atoms with Crippen LogP contribution in [0.2, 0.25) is 0 Å². The number of amides is 1. The fourth-order valence-corrected chi connectivity index (χ4v) is 5.09. The molecule has 28 heavy (non-hydrogen) atoms. The van der Waals surface area contributed by atoms with Crippen molar-refractivity contribution in [2.24, 2.45) is 0 Å². The summed E-state index contributed by atoms with van der Waals surface area (Å²) in [4.78, 5) is 32.1. The van der Waals surface area contributed by atoms with Crippen LogP contribution in [0.25, 0.3) is 10.2 Å². The third-order valence-electron chi connectivity index (χ3n) is 4.73. The van der Waals surface area contributed by atoms with Crippen molar-refractivity contribution in [3.63, 3.8) is 0 Å². The standard InChI is InChI=1S/C21H25N3O2S2/c1-12(2)24-20(26)18-13(3)15(5)28-19(18)23-21(24)27-11-17(25)22-14(4)16-9-7-6-8-10-16/h6-10,12,14H,11H2,1-5H3,(H,22,25)/t14-/m0/s1. The summed E-state index contributed by atoms with van der Waals surface area (Å²) in [7, 11) is 0. The number of carbonyl (C=O) groups is 1. The Bertz CT molecular complexity index is 1050. The van der Waals surface area contributed by atoms with E-state index in [2.05, 4.69) is 5.32 Å². The lowest BCUT2D eigenvalue weighted by Gasteiger charge is -2.16. The van der Waals surface area contributed by atoms with Gasteiger partial charge in [-0.05, 0) is 45.7 Å². The number of nitrogens with one attached hydrogen (secondary N) is 1. The van der Waals surface area contributed by atoms with Crippen LogP contribution in [0.3, 0.4) is 0 Å². The highest BCUT2D eigenvalue weighted by molar-refractivity contribution is 7.99. The predicted octanol–water partition coefficient (Wildman–Crippen LogP) is 4.63. The van der Waals surface area contributed by atoms with E-state index in [1.165, 1.54) is 23.1 Å². The van der Waals surface area contributed by atoms with Gasteiger partial charge in [0.25, 0.3) is 5.56 Å². The predicted molar refractivity (Wildman–Crippen MR) is 117 cm³/mol. The van der Waals surface area contributed by atoms with E-state index in [4.69, 9.17) is 4.98 Å². The Labute approximate surface area is 173 Å². The zero-order chi connectivity index (χ0) is 20.4. The third kappa shape index (κ3) is 4.15. The van der Waals surface area contributed by atoms with Gasteiger partial charge in [0, 0.05) is 10.9 Å². The number of nitrogens with zero attached hydrogens (tertiary/aromatic N) is 2. The molecule has 2 heterocycles. The first-order valence-corrected chi connectivity index (χ1v) is 11.1. The van der Waals surface area contributed by atoms with Crippen molar-refractivity contribution in [1.82, 2.24) is 14.9 Å². The minimum atomic E-state index is -0.0791. The van der Waals surface area contributed by atoms with Crippen LogP contribution in [0, 0.1) is 13.8 Å². The highest BCUT2D eigenvalue weighted by Gasteiger charge is 2.19. The molecular weight excluding hydrogens is 390 g/mol. The van der Waals surface area contributed by atoms with Crippen molar-refractivity contribution in [2.75, 3.05) is 5.75 Å². The van der Waals surface area contributed by atoms with Crippen LogP contribution < -0.4 is 10.9 Å². The molecule has 0 unspecified atom stereocenters. The highest BCUT2D eigenvalue weighted by Crippen LogP contribution is 2.29. The van der Waals surface area contributed by atoms with Crippen LogP contribution in [0.1, 0.15) is 48.9 Å². The minimum Gasteiger partial charge on any atom is -0.349 e. The molecule has 2 aromatic heterocycles. The van der Waals surface area contributed by atoms with Crippen molar-refractivity contribution >= 4 is 39.2 Å². The number of hydrogen-bond donors (Lipinski definition) is 1. The Balaban J connectivity index is 1.81. The molecule has 0 saturated heterocycles. The topological polar surface area (TPSA) is 64.0 Å². The van der Waals surface area contributed by atoms with Crippen molar-refractivity contribution < 1.29 is 4.79 Å². The van der Waals surface area contributed by atoms with Gasteiger partial charge < -0.3 is 5.32 Å².